The maximum atomic E-state index is 9.19. The molecule has 1 saturated heterocycles. The third-order valence-electron chi connectivity index (χ3n) is 3.52. The van der Waals surface area contributed by atoms with Crippen molar-refractivity contribution < 1.29 is 5.11 Å². The van der Waals surface area contributed by atoms with E-state index in [1.807, 2.05) is 12.1 Å². The first-order valence-electron chi connectivity index (χ1n) is 6.49. The van der Waals surface area contributed by atoms with Crippen LogP contribution in [-0.4, -0.2) is 36.2 Å². The topological polar surface area (TPSA) is 35.5 Å². The Kier molecular flexibility index (Phi) is 4.40. The minimum Gasteiger partial charge on any atom is -0.508 e. The van der Waals surface area contributed by atoms with Crippen LogP contribution in [0.15, 0.2) is 24.3 Å². The van der Waals surface area contributed by atoms with Crippen LogP contribution in [0.2, 0.25) is 0 Å². The van der Waals surface area contributed by atoms with Crippen LogP contribution < -0.4 is 5.32 Å². The van der Waals surface area contributed by atoms with E-state index in [2.05, 4.69) is 17.1 Å². The second-order valence-electron chi connectivity index (χ2n) is 4.85. The van der Waals surface area contributed by atoms with Crippen LogP contribution >= 0.6 is 0 Å². The van der Waals surface area contributed by atoms with Crippen molar-refractivity contribution in [1.29, 1.82) is 0 Å². The lowest BCUT2D eigenvalue weighted by molar-refractivity contribution is 0.339. The lowest BCUT2D eigenvalue weighted by atomic mass is 10.1. The predicted molar refractivity (Wildman–Crippen MR) is 70.0 cm³/mol. The van der Waals surface area contributed by atoms with E-state index in [9.17, 15) is 5.11 Å². The molecule has 3 heteroatoms. The van der Waals surface area contributed by atoms with Gasteiger partial charge in [0.2, 0.25) is 0 Å². The molecule has 1 fully saturated rings. The second kappa shape index (κ2) is 6.03. The monoisotopic (exact) mass is 234 g/mol. The van der Waals surface area contributed by atoms with E-state index in [1.54, 1.807) is 12.1 Å². The van der Waals surface area contributed by atoms with E-state index in [-0.39, 0.29) is 0 Å². The van der Waals surface area contributed by atoms with E-state index in [0.29, 0.717) is 5.75 Å². The van der Waals surface area contributed by atoms with Crippen molar-refractivity contribution in [2.45, 2.75) is 19.9 Å². The van der Waals surface area contributed by atoms with Crippen molar-refractivity contribution in [3.05, 3.63) is 29.8 Å². The van der Waals surface area contributed by atoms with Gasteiger partial charge >= 0.3 is 0 Å². The van der Waals surface area contributed by atoms with Gasteiger partial charge in [-0.3, -0.25) is 0 Å². The number of nitrogens with zero attached hydrogens (tertiary/aromatic N) is 1. The van der Waals surface area contributed by atoms with E-state index in [4.69, 9.17) is 0 Å². The number of rotatable bonds is 5. The Morgan fingerprint density at radius 2 is 2.12 bits per heavy atom. The summed E-state index contributed by atoms with van der Waals surface area (Å²) in [7, 11) is 0. The Bertz CT molecular complexity index is 337. The molecule has 1 unspecified atom stereocenters. The lowest BCUT2D eigenvalue weighted by Crippen LogP contribution is -2.26. The molecule has 2 rings (SSSR count). The SMILES string of the molecule is CCN1CCC(CNCc2ccc(O)cc2)C1. The molecule has 0 aromatic heterocycles. The van der Waals surface area contributed by atoms with Gasteiger partial charge in [0.05, 0.1) is 0 Å². The van der Waals surface area contributed by atoms with Gasteiger partial charge in [-0.1, -0.05) is 19.1 Å². The molecule has 1 aliphatic rings. The standard InChI is InChI=1S/C14H22N2O/c1-2-16-8-7-13(11-16)10-15-9-12-3-5-14(17)6-4-12/h3-6,13,15,17H,2,7-11H2,1H3. The predicted octanol–water partition coefficient (Wildman–Crippen LogP) is 1.82. The van der Waals surface area contributed by atoms with Crippen LogP contribution in [0, 0.1) is 5.92 Å². The molecule has 0 amide bonds. The molecule has 0 spiro atoms. The summed E-state index contributed by atoms with van der Waals surface area (Å²) in [6.07, 6.45) is 1.32. The van der Waals surface area contributed by atoms with Crippen molar-refractivity contribution in [1.82, 2.24) is 10.2 Å². The molecule has 1 aromatic rings. The average molecular weight is 234 g/mol. The number of hydrogen-bond donors (Lipinski definition) is 2. The smallest absolute Gasteiger partial charge is 0.115 e. The molecule has 1 aromatic carbocycles. The highest BCUT2D eigenvalue weighted by molar-refractivity contribution is 5.25. The molecule has 0 saturated carbocycles. The molecule has 0 radical (unpaired) electrons. The zero-order chi connectivity index (χ0) is 12.1. The van der Waals surface area contributed by atoms with Crippen LogP contribution in [-0.2, 0) is 6.54 Å². The first kappa shape index (κ1) is 12.4. The second-order valence-corrected chi connectivity index (χ2v) is 4.85. The minimum absolute atomic E-state index is 0.336. The quantitative estimate of drug-likeness (QED) is 0.816. The Morgan fingerprint density at radius 1 is 1.35 bits per heavy atom. The largest absolute Gasteiger partial charge is 0.508 e. The van der Waals surface area contributed by atoms with Gasteiger partial charge in [-0.05, 0) is 49.7 Å². The fourth-order valence-corrected chi connectivity index (χ4v) is 2.40. The maximum Gasteiger partial charge on any atom is 0.115 e. The highest BCUT2D eigenvalue weighted by atomic mass is 16.3. The zero-order valence-corrected chi connectivity index (χ0v) is 10.5. The van der Waals surface area contributed by atoms with Crippen molar-refractivity contribution in [2.75, 3.05) is 26.2 Å². The highest BCUT2D eigenvalue weighted by Gasteiger charge is 2.20. The summed E-state index contributed by atoms with van der Waals surface area (Å²) >= 11 is 0. The first-order valence-corrected chi connectivity index (χ1v) is 6.49. The molecule has 3 nitrogen and oxygen atoms in total. The fourth-order valence-electron chi connectivity index (χ4n) is 2.40. The average Bonchev–Trinajstić information content (AvgIpc) is 2.80. The number of benzene rings is 1. The molecular weight excluding hydrogens is 212 g/mol. The maximum absolute atomic E-state index is 9.19. The Balaban J connectivity index is 1.68. The van der Waals surface area contributed by atoms with Gasteiger partial charge in [-0.25, -0.2) is 0 Å². The van der Waals surface area contributed by atoms with Gasteiger partial charge in [-0.15, -0.1) is 0 Å². The van der Waals surface area contributed by atoms with Gasteiger partial charge in [0.15, 0.2) is 0 Å². The molecule has 1 aliphatic heterocycles. The van der Waals surface area contributed by atoms with E-state index in [0.717, 1.165) is 19.0 Å². The van der Waals surface area contributed by atoms with Gasteiger partial charge < -0.3 is 15.3 Å². The summed E-state index contributed by atoms with van der Waals surface area (Å²) in [5.74, 6) is 1.13. The normalized spacial score (nSPS) is 20.9. The summed E-state index contributed by atoms with van der Waals surface area (Å²) in [5, 5.41) is 12.7. The molecule has 2 N–H and O–H groups in total. The number of hydrogen-bond acceptors (Lipinski definition) is 3. The van der Waals surface area contributed by atoms with Crippen molar-refractivity contribution in [3.63, 3.8) is 0 Å². The van der Waals surface area contributed by atoms with E-state index < -0.39 is 0 Å². The van der Waals surface area contributed by atoms with Crippen molar-refractivity contribution in [2.24, 2.45) is 5.92 Å². The molecule has 0 bridgehead atoms. The number of aromatic hydroxyl groups is 1. The summed E-state index contributed by atoms with van der Waals surface area (Å²) < 4.78 is 0. The van der Waals surface area contributed by atoms with Crippen LogP contribution in [0.3, 0.4) is 0 Å². The minimum atomic E-state index is 0.336. The molecule has 1 atom stereocenters. The number of nitrogens with one attached hydrogen (secondary N) is 1. The number of phenolic OH excluding ortho intramolecular Hbond substituents is 1. The van der Waals surface area contributed by atoms with Crippen LogP contribution in [0.1, 0.15) is 18.9 Å². The Labute approximate surface area is 103 Å². The Hall–Kier alpha value is -1.06. The third-order valence-corrected chi connectivity index (χ3v) is 3.52. The highest BCUT2D eigenvalue weighted by Crippen LogP contribution is 2.15. The summed E-state index contributed by atoms with van der Waals surface area (Å²) in [4.78, 5) is 2.51. The van der Waals surface area contributed by atoms with Gasteiger partial charge in [0.1, 0.15) is 5.75 Å². The summed E-state index contributed by atoms with van der Waals surface area (Å²) in [6.45, 7) is 7.88. The fraction of sp³-hybridized carbons (Fsp3) is 0.571. The van der Waals surface area contributed by atoms with E-state index >= 15 is 0 Å². The van der Waals surface area contributed by atoms with Gasteiger partial charge in [0.25, 0.3) is 0 Å². The van der Waals surface area contributed by atoms with Crippen LogP contribution in [0.5, 0.6) is 5.75 Å². The lowest BCUT2D eigenvalue weighted by Gasteiger charge is -2.13. The molecule has 1 heterocycles. The molecule has 0 aliphatic carbocycles. The van der Waals surface area contributed by atoms with E-state index in [1.165, 1.54) is 31.6 Å². The summed E-state index contributed by atoms with van der Waals surface area (Å²) in [6, 6.07) is 7.42. The van der Waals surface area contributed by atoms with Crippen molar-refractivity contribution >= 4 is 0 Å². The zero-order valence-electron chi connectivity index (χ0n) is 10.5. The molecular formula is C14H22N2O. The summed E-state index contributed by atoms with van der Waals surface area (Å²) in [5.41, 5.74) is 1.23. The van der Waals surface area contributed by atoms with Crippen molar-refractivity contribution in [3.8, 4) is 5.75 Å². The first-order chi connectivity index (χ1) is 8.28. The Morgan fingerprint density at radius 3 is 2.76 bits per heavy atom. The van der Waals surface area contributed by atoms with Gasteiger partial charge in [0, 0.05) is 13.1 Å². The van der Waals surface area contributed by atoms with Crippen LogP contribution in [0.25, 0.3) is 0 Å². The van der Waals surface area contributed by atoms with Crippen LogP contribution in [0.4, 0.5) is 0 Å². The van der Waals surface area contributed by atoms with Gasteiger partial charge in [-0.2, -0.15) is 0 Å². The molecule has 94 valence electrons. The number of likely N-dealkylation sites (tertiary alicyclic amines) is 1. The molecule has 17 heavy (non-hydrogen) atoms. The number of phenols is 1. The third kappa shape index (κ3) is 3.72.